The second-order valence-electron chi connectivity index (χ2n) is 3.65. The van der Waals surface area contributed by atoms with E-state index in [9.17, 15) is 9.59 Å². The normalized spacial score (nSPS) is 9.45. The Morgan fingerprint density at radius 3 is 2.18 bits per heavy atom. The second kappa shape index (κ2) is 10.1. The Morgan fingerprint density at radius 2 is 1.59 bits per heavy atom. The van der Waals surface area contributed by atoms with Gasteiger partial charge in [0.15, 0.2) is 0 Å². The van der Waals surface area contributed by atoms with Gasteiger partial charge in [-0.2, -0.15) is 0 Å². The zero-order valence-electron chi connectivity index (χ0n) is 11.4. The fourth-order valence-corrected chi connectivity index (χ4v) is 2.28. The molecule has 0 aliphatic heterocycles. The summed E-state index contributed by atoms with van der Waals surface area (Å²) in [5, 5.41) is 3.03. The van der Waals surface area contributed by atoms with E-state index in [2.05, 4.69) is 16.2 Å². The van der Waals surface area contributed by atoms with Crippen LogP contribution in [-0.4, -0.2) is 18.5 Å². The Balaban J connectivity index is 0.00000220. The van der Waals surface area contributed by atoms with Crippen LogP contribution in [0.25, 0.3) is 0 Å². The van der Waals surface area contributed by atoms with E-state index < -0.39 is 5.78 Å². The van der Waals surface area contributed by atoms with E-state index in [1.807, 2.05) is 42.5 Å². The summed E-state index contributed by atoms with van der Waals surface area (Å²) in [6.07, 6.45) is 2.06. The first-order valence-electron chi connectivity index (χ1n) is 5.66. The number of benzene rings is 2. The third-order valence-corrected chi connectivity index (χ3v) is 3.34. The van der Waals surface area contributed by atoms with Crippen molar-refractivity contribution in [1.82, 2.24) is 0 Å². The van der Waals surface area contributed by atoms with Crippen molar-refractivity contribution in [2.24, 2.45) is 5.16 Å². The average Bonchev–Trinajstić information content (AvgIpc) is 2.49. The molecule has 22 heavy (non-hydrogen) atoms. The van der Waals surface area contributed by atoms with Gasteiger partial charge in [-0.05, 0) is 18.6 Å². The van der Waals surface area contributed by atoms with Crippen molar-refractivity contribution in [1.29, 1.82) is 0 Å². The molecule has 0 atom stereocenters. The third kappa shape index (κ3) is 5.72. The first kappa shape index (κ1) is 19.3. The van der Waals surface area contributed by atoms with Crippen molar-refractivity contribution in [3.63, 3.8) is 0 Å². The van der Waals surface area contributed by atoms with Crippen molar-refractivity contribution < 1.29 is 34.8 Å². The first-order chi connectivity index (χ1) is 9.79. The van der Waals surface area contributed by atoms with Gasteiger partial charge < -0.3 is 14.4 Å². The number of carbonyl (C=O) groups is 1. The van der Waals surface area contributed by atoms with Gasteiger partial charge in [0.25, 0.3) is 0 Å². The van der Waals surface area contributed by atoms with E-state index in [1.165, 1.54) is 0 Å². The van der Waals surface area contributed by atoms with E-state index in [1.54, 1.807) is 23.9 Å². The standard InChI is InChI=1S/C15H9NO3S.Re.Rf/c17-11-19-16-10-15(18)12-6-8-14(9-7-12)20-13-4-2-1-3-5-13;;/h1-9H;;/q-2;;. The minimum Gasteiger partial charge on any atom is -0.542 e. The van der Waals surface area contributed by atoms with E-state index in [4.69, 9.17) is 0 Å². The maximum Gasteiger partial charge on any atom is 0.0401 e. The molecule has 2 aromatic carbocycles. The molecule has 109 valence electrons. The van der Waals surface area contributed by atoms with Crippen LogP contribution in [0, 0.1) is 0 Å². The maximum absolute atomic E-state index is 11.6. The molecular weight excluding hydrogens is 727 g/mol. The second-order valence-corrected chi connectivity index (χ2v) is 4.79. The number of rotatable bonds is 6. The molecule has 4 nitrogen and oxygen atoms in total. The first-order valence-corrected chi connectivity index (χ1v) is 6.48. The largest absolute Gasteiger partial charge is 0.542 e. The molecule has 1 radical (unpaired) electrons. The quantitative estimate of drug-likeness (QED) is 0.151. The monoisotopic (exact) mass is 737 g/mol. The van der Waals surface area contributed by atoms with Gasteiger partial charge in [-0.15, -0.1) is 17.7 Å². The van der Waals surface area contributed by atoms with Crippen LogP contribution in [0.4, 0.5) is 0 Å². The molecule has 0 amide bonds. The van der Waals surface area contributed by atoms with Crippen molar-refractivity contribution in [2.75, 3.05) is 0 Å². The summed E-state index contributed by atoms with van der Waals surface area (Å²) in [7, 11) is 0. The number of hydrogen-bond donors (Lipinski definition) is 0. The molecule has 7 heteroatoms. The summed E-state index contributed by atoms with van der Waals surface area (Å²) in [6, 6.07) is 16.9. The Hall–Kier alpha value is -2.74. The Kier molecular flexibility index (Phi) is 8.81. The molecule has 2 rings (SSSR count). The van der Waals surface area contributed by atoms with Crippen molar-refractivity contribution in [3.05, 3.63) is 60.2 Å². The van der Waals surface area contributed by atoms with Crippen molar-refractivity contribution in [2.45, 2.75) is 9.79 Å². The van der Waals surface area contributed by atoms with Gasteiger partial charge in [-0.25, -0.2) is 5.16 Å². The fourth-order valence-electron chi connectivity index (χ4n) is 1.45. The minimum atomic E-state index is -0.462. The maximum atomic E-state index is 11.6. The van der Waals surface area contributed by atoms with Gasteiger partial charge in [0.05, 0.1) is 0 Å². The zero-order chi connectivity index (χ0) is 14.2. The average molecular weight is 737 g/mol. The molecule has 0 N–H and O–H groups in total. The van der Waals surface area contributed by atoms with Gasteiger partial charge >= 0.3 is 0 Å². The molecule has 0 heterocycles. The van der Waals surface area contributed by atoms with Gasteiger partial charge in [0.2, 0.25) is 0 Å². The predicted molar refractivity (Wildman–Crippen MR) is 75.6 cm³/mol. The van der Waals surface area contributed by atoms with Crippen LogP contribution >= 0.6 is 11.8 Å². The van der Waals surface area contributed by atoms with Gasteiger partial charge in [0.1, 0.15) is 0 Å². The van der Waals surface area contributed by atoms with E-state index >= 15 is 0 Å². The van der Waals surface area contributed by atoms with Crippen LogP contribution in [0.3, 0.4) is 0 Å². The van der Waals surface area contributed by atoms with E-state index in [0.717, 1.165) is 16.3 Å². The summed E-state index contributed by atoms with van der Waals surface area (Å²) < 4.78 is 0. The number of hydrogen-bond acceptors (Lipinski definition) is 5. The van der Waals surface area contributed by atoms with Gasteiger partial charge in [-0.3, -0.25) is 0 Å². The van der Waals surface area contributed by atoms with Crippen LogP contribution in [0.1, 0.15) is 10.4 Å². The number of ketones is 1. The van der Waals surface area contributed by atoms with E-state index in [-0.39, 0.29) is 20.4 Å². The fraction of sp³-hybridized carbons (Fsp3) is 0. The molecule has 0 unspecified atom stereocenters. The van der Waals surface area contributed by atoms with Crippen molar-refractivity contribution in [3.8, 4) is 0 Å². The van der Waals surface area contributed by atoms with Crippen LogP contribution in [0.2, 0.25) is 0 Å². The molecule has 0 aliphatic rings. The summed E-state index contributed by atoms with van der Waals surface area (Å²) in [6.45, 7) is 1.08. The van der Waals surface area contributed by atoms with Gasteiger partial charge in [0, 0.05) is 36.0 Å². The van der Waals surface area contributed by atoms with Gasteiger partial charge in [-0.1, -0.05) is 48.3 Å². The Bertz CT molecular complexity index is 620. The zero-order valence-corrected chi connectivity index (χ0v) is 21.3. The van der Waals surface area contributed by atoms with Crippen LogP contribution in [0.5, 0.6) is 0 Å². The Morgan fingerprint density at radius 1 is 1.00 bits per heavy atom. The molecule has 0 aliphatic carbocycles. The third-order valence-electron chi connectivity index (χ3n) is 2.33. The Labute approximate surface area is 140 Å². The molecule has 0 aromatic heterocycles. The van der Waals surface area contributed by atoms with Crippen LogP contribution in [-0.2, 0) is 30.1 Å². The minimum absolute atomic E-state index is 0. The number of Topliss-reactive ketones (excluding diaryl/α,β-unsaturated/α-hetero) is 1. The summed E-state index contributed by atoms with van der Waals surface area (Å²) in [5.74, 6) is -0.462. The van der Waals surface area contributed by atoms with Crippen LogP contribution in [0.15, 0.2) is 69.5 Å². The summed E-state index contributed by atoms with van der Waals surface area (Å²) >= 11 is 1.60. The molecule has 0 saturated carbocycles. The summed E-state index contributed by atoms with van der Waals surface area (Å²) in [5.41, 5.74) is 0.417. The SMILES string of the molecule is O=[C-]ON=[C-]C(=O)c1ccc(Sc2ccccc2)cc1.[Re].[Rf]. The number of nitrogens with zero attached hydrogens (tertiary/aromatic N) is 1. The smallest absolute Gasteiger partial charge is 0.0401 e. The molecule has 0 saturated heterocycles. The summed E-state index contributed by atoms with van der Waals surface area (Å²) in [4.78, 5) is 27.4. The topological polar surface area (TPSA) is 55.7 Å². The number of carbonyl (C=O) groups excluding carboxylic acids is 2. The van der Waals surface area contributed by atoms with E-state index in [0.29, 0.717) is 5.56 Å². The molecule has 0 spiro atoms. The predicted octanol–water partition coefficient (Wildman–Crippen LogP) is 2.96. The van der Waals surface area contributed by atoms with Crippen LogP contribution < -0.4 is 0 Å². The molecule has 2 aromatic rings. The van der Waals surface area contributed by atoms with Crippen molar-refractivity contribution >= 4 is 30.2 Å². The molecule has 0 bridgehead atoms. The molecular formula is C15H9NO3ReRfS-2. The molecule has 0 fully saturated rings.